The van der Waals surface area contributed by atoms with Gasteiger partial charge in [0.1, 0.15) is 5.82 Å². The highest BCUT2D eigenvalue weighted by molar-refractivity contribution is 6.33. The minimum absolute atomic E-state index is 0.130. The number of methoxy groups -OCH3 is 1. The molecule has 0 bridgehead atoms. The molecule has 1 aliphatic heterocycles. The molecule has 1 aliphatic rings. The summed E-state index contributed by atoms with van der Waals surface area (Å²) in [5.74, 6) is -0.559. The van der Waals surface area contributed by atoms with E-state index < -0.39 is 11.2 Å². The fraction of sp³-hybridized carbons (Fsp3) is 0.500. The van der Waals surface area contributed by atoms with Gasteiger partial charge in [-0.3, -0.25) is 4.79 Å². The first kappa shape index (κ1) is 15.2. The molecule has 1 saturated heterocycles. The van der Waals surface area contributed by atoms with E-state index in [1.54, 1.807) is 7.11 Å². The van der Waals surface area contributed by atoms with Gasteiger partial charge >= 0.3 is 0 Å². The second-order valence-electron chi connectivity index (χ2n) is 5.04. The van der Waals surface area contributed by atoms with E-state index in [4.69, 9.17) is 16.3 Å². The van der Waals surface area contributed by atoms with E-state index in [1.165, 1.54) is 18.2 Å². The van der Waals surface area contributed by atoms with Crippen LogP contribution in [0.3, 0.4) is 0 Å². The molecule has 4 nitrogen and oxygen atoms in total. The van der Waals surface area contributed by atoms with Gasteiger partial charge in [-0.25, -0.2) is 4.39 Å². The van der Waals surface area contributed by atoms with Crippen LogP contribution >= 0.6 is 11.6 Å². The number of halogens is 2. The normalized spacial score (nSPS) is 17.8. The molecule has 0 spiro atoms. The number of anilines is 1. The summed E-state index contributed by atoms with van der Waals surface area (Å²) in [6.45, 7) is 1.90. The van der Waals surface area contributed by atoms with Crippen LogP contribution in [0.5, 0.6) is 0 Å². The molecule has 1 aromatic carbocycles. The molecule has 0 unspecified atom stereocenters. The molecule has 110 valence electrons. The van der Waals surface area contributed by atoms with Crippen molar-refractivity contribution in [1.29, 1.82) is 0 Å². The Hall–Kier alpha value is -1.17. The minimum atomic E-state index is -0.558. The Labute approximate surface area is 122 Å². The van der Waals surface area contributed by atoms with Crippen molar-refractivity contribution in [3.8, 4) is 0 Å². The monoisotopic (exact) mass is 300 g/mol. The topological polar surface area (TPSA) is 50.4 Å². The summed E-state index contributed by atoms with van der Waals surface area (Å²) in [4.78, 5) is 12.5. The summed E-state index contributed by atoms with van der Waals surface area (Å²) >= 11 is 5.94. The van der Waals surface area contributed by atoms with Crippen LogP contribution in [0, 0.1) is 11.2 Å². The molecule has 0 aromatic heterocycles. The second kappa shape index (κ2) is 6.52. The molecular formula is C14H18ClFN2O2. The van der Waals surface area contributed by atoms with E-state index in [0.717, 1.165) is 13.1 Å². The van der Waals surface area contributed by atoms with Gasteiger partial charge in [-0.1, -0.05) is 11.6 Å². The number of hydrogen-bond acceptors (Lipinski definition) is 3. The standard InChI is InChI=1S/C14H18ClFN2O2/c1-20-9-14(4-6-17-7-5-14)13(19)18-12-3-2-10(16)8-11(12)15/h2-3,8,17H,4-7,9H2,1H3,(H,18,19). The Kier molecular flexibility index (Phi) is 4.96. The van der Waals surface area contributed by atoms with E-state index >= 15 is 0 Å². The number of hydrogen-bond donors (Lipinski definition) is 2. The molecule has 1 aromatic rings. The summed E-state index contributed by atoms with van der Waals surface area (Å²) in [6, 6.07) is 3.92. The van der Waals surface area contributed by atoms with Crippen molar-refractivity contribution in [2.45, 2.75) is 12.8 Å². The Morgan fingerprint density at radius 3 is 2.80 bits per heavy atom. The van der Waals surface area contributed by atoms with E-state index in [-0.39, 0.29) is 10.9 Å². The first-order valence-electron chi connectivity index (χ1n) is 6.53. The molecular weight excluding hydrogens is 283 g/mol. The van der Waals surface area contributed by atoms with Gasteiger partial charge in [0.05, 0.1) is 22.7 Å². The van der Waals surface area contributed by atoms with Crippen LogP contribution in [0.15, 0.2) is 18.2 Å². The van der Waals surface area contributed by atoms with Crippen LogP contribution in [-0.2, 0) is 9.53 Å². The summed E-state index contributed by atoms with van der Waals surface area (Å²) in [5, 5.41) is 6.21. The Morgan fingerprint density at radius 1 is 1.50 bits per heavy atom. The lowest BCUT2D eigenvalue weighted by atomic mass is 9.78. The third kappa shape index (κ3) is 3.29. The maximum Gasteiger partial charge on any atom is 0.233 e. The van der Waals surface area contributed by atoms with Crippen molar-refractivity contribution in [1.82, 2.24) is 5.32 Å². The number of rotatable bonds is 4. The van der Waals surface area contributed by atoms with Crippen molar-refractivity contribution in [3.05, 3.63) is 29.0 Å². The van der Waals surface area contributed by atoms with Crippen LogP contribution in [-0.4, -0.2) is 32.7 Å². The van der Waals surface area contributed by atoms with Crippen LogP contribution in [0.1, 0.15) is 12.8 Å². The fourth-order valence-corrected chi connectivity index (χ4v) is 2.68. The van der Waals surface area contributed by atoms with Crippen molar-refractivity contribution in [2.24, 2.45) is 5.41 Å². The maximum atomic E-state index is 13.0. The van der Waals surface area contributed by atoms with Gasteiger partial charge in [-0.15, -0.1) is 0 Å². The van der Waals surface area contributed by atoms with E-state index in [0.29, 0.717) is 25.1 Å². The fourth-order valence-electron chi connectivity index (χ4n) is 2.46. The predicted octanol–water partition coefficient (Wildman–Crippen LogP) is 2.43. The van der Waals surface area contributed by atoms with Crippen LogP contribution in [0.4, 0.5) is 10.1 Å². The van der Waals surface area contributed by atoms with Gasteiger partial charge in [0, 0.05) is 7.11 Å². The van der Waals surface area contributed by atoms with E-state index in [2.05, 4.69) is 10.6 Å². The SMILES string of the molecule is COCC1(C(=O)Nc2ccc(F)cc2Cl)CCNCC1. The van der Waals surface area contributed by atoms with Crippen molar-refractivity contribution >= 4 is 23.2 Å². The molecule has 0 atom stereocenters. The zero-order valence-electron chi connectivity index (χ0n) is 11.3. The zero-order valence-corrected chi connectivity index (χ0v) is 12.1. The molecule has 0 aliphatic carbocycles. The van der Waals surface area contributed by atoms with E-state index in [9.17, 15) is 9.18 Å². The molecule has 0 saturated carbocycles. The highest BCUT2D eigenvalue weighted by atomic mass is 35.5. The lowest BCUT2D eigenvalue weighted by Crippen LogP contribution is -2.47. The first-order valence-corrected chi connectivity index (χ1v) is 6.91. The predicted molar refractivity (Wildman–Crippen MR) is 76.5 cm³/mol. The summed E-state index contributed by atoms with van der Waals surface area (Å²) < 4.78 is 18.2. The van der Waals surface area contributed by atoms with Gasteiger partial charge in [-0.05, 0) is 44.1 Å². The molecule has 2 N–H and O–H groups in total. The molecule has 6 heteroatoms. The second-order valence-corrected chi connectivity index (χ2v) is 5.45. The lowest BCUT2D eigenvalue weighted by molar-refractivity contribution is -0.130. The van der Waals surface area contributed by atoms with Crippen LogP contribution in [0.25, 0.3) is 0 Å². The highest BCUT2D eigenvalue weighted by Gasteiger charge is 2.39. The van der Waals surface area contributed by atoms with Crippen LogP contribution in [0.2, 0.25) is 5.02 Å². The van der Waals surface area contributed by atoms with Crippen molar-refractivity contribution < 1.29 is 13.9 Å². The van der Waals surface area contributed by atoms with Crippen molar-refractivity contribution in [2.75, 3.05) is 32.1 Å². The molecule has 1 fully saturated rings. The Bertz CT molecular complexity index is 485. The van der Waals surface area contributed by atoms with E-state index in [1.807, 2.05) is 0 Å². The minimum Gasteiger partial charge on any atom is -0.384 e. The highest BCUT2D eigenvalue weighted by Crippen LogP contribution is 2.32. The Balaban J connectivity index is 2.15. The number of ether oxygens (including phenoxy) is 1. The smallest absolute Gasteiger partial charge is 0.233 e. The van der Waals surface area contributed by atoms with Gasteiger partial charge in [0.25, 0.3) is 0 Å². The first-order chi connectivity index (χ1) is 9.57. The molecule has 2 rings (SSSR count). The van der Waals surface area contributed by atoms with Crippen molar-refractivity contribution in [3.63, 3.8) is 0 Å². The largest absolute Gasteiger partial charge is 0.384 e. The van der Waals surface area contributed by atoms with Gasteiger partial charge < -0.3 is 15.4 Å². The summed E-state index contributed by atoms with van der Waals surface area (Å²) in [7, 11) is 1.59. The van der Waals surface area contributed by atoms with Gasteiger partial charge in [0.15, 0.2) is 0 Å². The number of piperidine rings is 1. The van der Waals surface area contributed by atoms with Crippen LogP contribution < -0.4 is 10.6 Å². The third-order valence-electron chi connectivity index (χ3n) is 3.64. The molecule has 1 amide bonds. The lowest BCUT2D eigenvalue weighted by Gasteiger charge is -2.35. The number of amides is 1. The number of nitrogens with one attached hydrogen (secondary N) is 2. The molecule has 0 radical (unpaired) electrons. The Morgan fingerprint density at radius 2 is 2.20 bits per heavy atom. The number of carbonyl (C=O) groups is 1. The molecule has 1 heterocycles. The average molecular weight is 301 g/mol. The number of carbonyl (C=O) groups excluding carboxylic acids is 1. The number of benzene rings is 1. The summed E-state index contributed by atoms with van der Waals surface area (Å²) in [5.41, 5.74) is -0.135. The average Bonchev–Trinajstić information content (AvgIpc) is 2.43. The summed E-state index contributed by atoms with van der Waals surface area (Å²) in [6.07, 6.45) is 1.40. The van der Waals surface area contributed by atoms with Gasteiger partial charge in [0.2, 0.25) is 5.91 Å². The zero-order chi connectivity index (χ0) is 14.6. The molecule has 20 heavy (non-hydrogen) atoms. The quantitative estimate of drug-likeness (QED) is 0.898. The van der Waals surface area contributed by atoms with Gasteiger partial charge in [-0.2, -0.15) is 0 Å². The maximum absolute atomic E-state index is 13.0. The third-order valence-corrected chi connectivity index (χ3v) is 3.96.